The molecule has 0 radical (unpaired) electrons. The number of aliphatic hydroxyl groups excluding tert-OH is 13. The van der Waals surface area contributed by atoms with Crippen LogP contribution < -0.4 is 0 Å². The van der Waals surface area contributed by atoms with Crippen LogP contribution in [-0.4, -0.2) is 221 Å². The van der Waals surface area contributed by atoms with Gasteiger partial charge in [0.25, 0.3) is 0 Å². The van der Waals surface area contributed by atoms with E-state index in [0.717, 1.165) is 6.42 Å². The molecule has 3 aliphatic carbocycles. The van der Waals surface area contributed by atoms with Gasteiger partial charge in [-0.15, -0.1) is 0 Å². The second kappa shape index (κ2) is 19.8. The Morgan fingerprint density at radius 1 is 0.625 bits per heavy atom. The number of carbonyl (C=O) groups excluding carboxylic acids is 1. The van der Waals surface area contributed by atoms with E-state index in [4.69, 9.17) is 37.9 Å². The minimum absolute atomic E-state index is 0.0919. The lowest BCUT2D eigenvalue weighted by molar-refractivity contribution is -0.393. The molecular weight excluding hydrogens is 856 g/mol. The summed E-state index contributed by atoms with van der Waals surface area (Å²) in [5, 5.41) is 137. The summed E-state index contributed by atoms with van der Waals surface area (Å²) in [6, 6.07) is 0. The Labute approximate surface area is 369 Å². The first-order chi connectivity index (χ1) is 30.2. The molecule has 0 bridgehead atoms. The highest BCUT2D eigenvalue weighted by Crippen LogP contribution is 2.65. The lowest BCUT2D eigenvalue weighted by atomic mass is 9.44. The molecule has 3 saturated carbocycles. The molecule has 368 valence electrons. The number of fused-ring (bicyclic) bond motifs is 3. The fourth-order valence-electron chi connectivity index (χ4n) is 11.7. The number of rotatable bonds is 11. The topological polar surface area (TPSA) is 354 Å². The molecular formula is C42H68O22. The minimum atomic E-state index is -1.93. The average molecular weight is 925 g/mol. The first-order valence-corrected chi connectivity index (χ1v) is 22.3. The van der Waals surface area contributed by atoms with Crippen LogP contribution in [0.1, 0.15) is 65.7 Å². The highest BCUT2D eigenvalue weighted by molar-refractivity contribution is 5.77. The van der Waals surface area contributed by atoms with Gasteiger partial charge in [0.15, 0.2) is 18.9 Å². The molecule has 4 heterocycles. The maximum Gasteiger partial charge on any atom is 0.314 e. The van der Waals surface area contributed by atoms with Crippen molar-refractivity contribution in [1.82, 2.24) is 0 Å². The molecule has 26 atom stereocenters. The Morgan fingerprint density at radius 2 is 1.14 bits per heavy atom. The minimum Gasteiger partial charge on any atom is -0.432 e. The lowest BCUT2D eigenvalue weighted by Crippen LogP contribution is -2.67. The molecule has 4 saturated heterocycles. The van der Waals surface area contributed by atoms with Crippen molar-refractivity contribution in [3.05, 3.63) is 12.2 Å². The largest absolute Gasteiger partial charge is 0.432 e. The van der Waals surface area contributed by atoms with Gasteiger partial charge in [0.2, 0.25) is 6.29 Å². The van der Waals surface area contributed by atoms with Crippen LogP contribution in [0.4, 0.5) is 0 Å². The van der Waals surface area contributed by atoms with Gasteiger partial charge in [0.1, 0.15) is 91.6 Å². The highest BCUT2D eigenvalue weighted by Gasteiger charge is 2.62. The molecule has 7 rings (SSSR count). The summed E-state index contributed by atoms with van der Waals surface area (Å²) in [5.41, 5.74) is -0.907. The van der Waals surface area contributed by atoms with Gasteiger partial charge in [-0.2, -0.15) is 0 Å². The van der Waals surface area contributed by atoms with Gasteiger partial charge in [-0.25, -0.2) is 0 Å². The third-order valence-electron chi connectivity index (χ3n) is 15.5. The van der Waals surface area contributed by atoms with E-state index in [2.05, 4.69) is 13.5 Å². The molecule has 64 heavy (non-hydrogen) atoms. The van der Waals surface area contributed by atoms with Gasteiger partial charge >= 0.3 is 5.97 Å². The van der Waals surface area contributed by atoms with E-state index in [1.54, 1.807) is 0 Å². The molecule has 7 aliphatic rings. The summed E-state index contributed by atoms with van der Waals surface area (Å²) < 4.78 is 47.7. The predicted octanol–water partition coefficient (Wildman–Crippen LogP) is -4.62. The summed E-state index contributed by atoms with van der Waals surface area (Å²) >= 11 is 0. The van der Waals surface area contributed by atoms with Crippen LogP contribution in [0.2, 0.25) is 0 Å². The predicted molar refractivity (Wildman–Crippen MR) is 210 cm³/mol. The van der Waals surface area contributed by atoms with Gasteiger partial charge < -0.3 is 104 Å². The zero-order valence-electron chi connectivity index (χ0n) is 36.1. The Morgan fingerprint density at radius 3 is 1.75 bits per heavy atom. The van der Waals surface area contributed by atoms with E-state index >= 15 is 0 Å². The lowest BCUT2D eigenvalue weighted by Gasteiger charge is -2.61. The summed E-state index contributed by atoms with van der Waals surface area (Å²) in [5.74, 6) is -0.884. The van der Waals surface area contributed by atoms with Crippen LogP contribution in [0.3, 0.4) is 0 Å². The van der Waals surface area contributed by atoms with Gasteiger partial charge in [-0.3, -0.25) is 4.79 Å². The second-order valence-corrected chi connectivity index (χ2v) is 19.4. The highest BCUT2D eigenvalue weighted by atomic mass is 16.8. The van der Waals surface area contributed by atoms with E-state index in [9.17, 15) is 71.2 Å². The fraction of sp³-hybridized carbons (Fsp3) is 0.929. The summed E-state index contributed by atoms with van der Waals surface area (Å²) in [7, 11) is 0. The zero-order valence-corrected chi connectivity index (χ0v) is 36.1. The summed E-state index contributed by atoms with van der Waals surface area (Å²) in [4.78, 5) is 14.2. The van der Waals surface area contributed by atoms with Crippen molar-refractivity contribution in [1.29, 1.82) is 0 Å². The third-order valence-corrected chi connectivity index (χ3v) is 15.5. The summed E-state index contributed by atoms with van der Waals surface area (Å²) in [6.45, 7) is 7.42. The molecule has 22 heteroatoms. The van der Waals surface area contributed by atoms with Crippen molar-refractivity contribution in [2.45, 2.75) is 195 Å². The molecule has 0 aromatic heterocycles. The van der Waals surface area contributed by atoms with Crippen molar-refractivity contribution in [3.8, 4) is 0 Å². The van der Waals surface area contributed by atoms with Crippen molar-refractivity contribution >= 4 is 5.97 Å². The Bertz CT molecular complexity index is 1610. The molecule has 0 aromatic rings. The standard InChI is InChI=1S/C42H68O22/c1-15-10-17-6-7-23-41(3,8-5-9-42(23,4)40(56)64-38-33(55)30(52)26(48)21(13-44)60-38)18(17)11-19(15)58-39-35(63-36-31(53)28(50)24(46)16(2)57-36)34(27(49)22(14-45)61-39)62-37-32(54)29(51)25(47)20(12-43)59-37/h16-39,43-55H,1,5-14H2,2-4H3/t16?,17?,18-,19?,20?,21?,22?,23?,24?,25?,26?,27?,28?,29?,30?,31?,32?,33?,34?,35?,36?,37?,38?,39?,41+,42-/m1/s1. The van der Waals surface area contributed by atoms with Crippen LogP contribution in [0.15, 0.2) is 12.2 Å². The van der Waals surface area contributed by atoms with E-state index in [-0.39, 0.29) is 17.8 Å². The van der Waals surface area contributed by atoms with Crippen LogP contribution >= 0.6 is 0 Å². The molecule has 23 unspecified atom stereocenters. The van der Waals surface area contributed by atoms with Gasteiger partial charge in [0, 0.05) is 0 Å². The van der Waals surface area contributed by atoms with Gasteiger partial charge in [-0.1, -0.05) is 19.9 Å². The molecule has 0 spiro atoms. The normalized spacial score (nSPS) is 53.5. The number of hydrogen-bond acceptors (Lipinski definition) is 22. The van der Waals surface area contributed by atoms with E-state index in [1.807, 2.05) is 6.92 Å². The molecule has 4 aliphatic heterocycles. The first-order valence-electron chi connectivity index (χ1n) is 22.3. The van der Waals surface area contributed by atoms with Crippen LogP contribution in [0.5, 0.6) is 0 Å². The number of aliphatic hydroxyl groups is 13. The second-order valence-electron chi connectivity index (χ2n) is 19.4. The van der Waals surface area contributed by atoms with Crippen molar-refractivity contribution < 1.29 is 109 Å². The molecule has 22 nitrogen and oxygen atoms in total. The van der Waals surface area contributed by atoms with E-state index in [0.29, 0.717) is 44.1 Å². The maximum absolute atomic E-state index is 14.2. The molecule has 13 N–H and O–H groups in total. The van der Waals surface area contributed by atoms with Crippen molar-refractivity contribution in [3.63, 3.8) is 0 Å². The quantitative estimate of drug-likeness (QED) is 0.0527. The third kappa shape index (κ3) is 9.06. The molecule has 0 aromatic carbocycles. The Kier molecular flexibility index (Phi) is 15.6. The molecule has 0 amide bonds. The van der Waals surface area contributed by atoms with Crippen molar-refractivity contribution in [2.24, 2.45) is 28.6 Å². The van der Waals surface area contributed by atoms with E-state index in [1.165, 1.54) is 6.92 Å². The number of esters is 1. The number of ether oxygens (including phenoxy) is 8. The van der Waals surface area contributed by atoms with E-state index < -0.39 is 166 Å². The van der Waals surface area contributed by atoms with Gasteiger partial charge in [-0.05, 0) is 81.1 Å². The first kappa shape index (κ1) is 50.3. The SMILES string of the molecule is C=C1CC2CCC3[C@](C)(C(=O)OC4OC(CO)C(O)C(O)C4O)CCC[C@@]3(C)[C@@H]2CC1OC1OC(CO)C(O)C(OC2OC(CO)C(O)C(O)C2O)C1OC1OC(C)C(O)C(O)C1O. The monoisotopic (exact) mass is 924 g/mol. The van der Waals surface area contributed by atoms with Crippen LogP contribution in [0, 0.1) is 28.6 Å². The van der Waals surface area contributed by atoms with Gasteiger partial charge in [0.05, 0.1) is 37.4 Å². The zero-order chi connectivity index (χ0) is 46.7. The maximum atomic E-state index is 14.2. The Balaban J connectivity index is 1.15. The van der Waals surface area contributed by atoms with Crippen molar-refractivity contribution in [2.75, 3.05) is 19.8 Å². The number of hydrogen-bond donors (Lipinski definition) is 13. The average Bonchev–Trinajstić information content (AvgIpc) is 3.26. The molecule has 7 fully saturated rings. The van der Waals surface area contributed by atoms with Crippen LogP contribution in [-0.2, 0) is 42.7 Å². The summed E-state index contributed by atoms with van der Waals surface area (Å²) in [6.07, 6.45) is -29.6. The fourth-order valence-corrected chi connectivity index (χ4v) is 11.7. The smallest absolute Gasteiger partial charge is 0.314 e. The number of carbonyl (C=O) groups is 1. The van der Waals surface area contributed by atoms with Crippen LogP contribution in [0.25, 0.3) is 0 Å². The Hall–Kier alpha value is -1.59.